The zero-order valence-corrected chi connectivity index (χ0v) is 29.9. The molecule has 2 heterocycles. The van der Waals surface area contributed by atoms with Gasteiger partial charge in [-0.05, 0) is 68.9 Å². The maximum absolute atomic E-state index is 14.9. The quantitative estimate of drug-likeness (QED) is 0.158. The summed E-state index contributed by atoms with van der Waals surface area (Å²) in [5.74, 6) is 0. The highest BCUT2D eigenvalue weighted by atomic mass is 32.1. The lowest BCUT2D eigenvalue weighted by molar-refractivity contribution is 0.592. The second kappa shape index (κ2) is 12.4. The number of thiazole rings is 1. The van der Waals surface area contributed by atoms with Crippen LogP contribution in [0.1, 0.15) is 0 Å². The van der Waals surface area contributed by atoms with Gasteiger partial charge < -0.3 is 4.57 Å². The van der Waals surface area contributed by atoms with Crippen molar-refractivity contribution in [1.82, 2.24) is 4.40 Å². The van der Waals surface area contributed by atoms with Crippen molar-refractivity contribution < 1.29 is 4.57 Å². The SMILES string of the molecule is O=P(c1ccccc1)(c1ccccc1)c1ccc(-c2ccc(-c3c4cc(-c5ccc6ccccc6c5)ccc4n4c3sc3ccccc34)cc2)cc1. The van der Waals surface area contributed by atoms with Crippen LogP contribution >= 0.6 is 18.5 Å². The van der Waals surface area contributed by atoms with E-state index in [4.69, 9.17) is 0 Å². The first-order valence-corrected chi connectivity index (χ1v) is 20.1. The predicted octanol–water partition coefficient (Wildman–Crippen LogP) is 12.1. The molecule has 2 aromatic heterocycles. The molecule has 52 heavy (non-hydrogen) atoms. The van der Waals surface area contributed by atoms with Crippen molar-refractivity contribution in [2.45, 2.75) is 0 Å². The van der Waals surface area contributed by atoms with Gasteiger partial charge in [0.15, 0.2) is 7.14 Å². The van der Waals surface area contributed by atoms with Gasteiger partial charge in [0.2, 0.25) is 0 Å². The zero-order chi connectivity index (χ0) is 34.6. The summed E-state index contributed by atoms with van der Waals surface area (Å²) >= 11 is 1.85. The van der Waals surface area contributed by atoms with Gasteiger partial charge in [-0.1, -0.05) is 164 Å². The van der Waals surface area contributed by atoms with Gasteiger partial charge in [-0.3, -0.25) is 4.40 Å². The van der Waals surface area contributed by atoms with Gasteiger partial charge in [0.25, 0.3) is 0 Å². The Morgan fingerprint density at radius 2 is 0.923 bits per heavy atom. The van der Waals surface area contributed by atoms with E-state index in [0.717, 1.165) is 27.0 Å². The van der Waals surface area contributed by atoms with Crippen molar-refractivity contribution in [2.75, 3.05) is 0 Å². The first-order chi connectivity index (χ1) is 25.6. The Bertz CT molecular complexity index is 2920. The van der Waals surface area contributed by atoms with Gasteiger partial charge in [-0.15, -0.1) is 11.3 Å². The number of nitrogens with zero attached hydrogens (tertiary/aromatic N) is 1. The summed E-state index contributed by atoms with van der Waals surface area (Å²) < 4.78 is 18.6. The van der Waals surface area contributed by atoms with E-state index in [2.05, 4.69) is 126 Å². The van der Waals surface area contributed by atoms with Gasteiger partial charge in [-0.25, -0.2) is 0 Å². The van der Waals surface area contributed by atoms with Crippen LogP contribution in [0.3, 0.4) is 0 Å². The van der Waals surface area contributed by atoms with Crippen LogP contribution in [0.5, 0.6) is 0 Å². The molecule has 0 fully saturated rings. The van der Waals surface area contributed by atoms with E-state index in [1.807, 2.05) is 84.1 Å². The third-order valence-electron chi connectivity index (χ3n) is 10.3. The van der Waals surface area contributed by atoms with Crippen LogP contribution in [0.15, 0.2) is 194 Å². The molecular formula is C48H32NOPS. The van der Waals surface area contributed by atoms with E-state index in [1.54, 1.807) is 0 Å². The Kier molecular flexibility index (Phi) is 7.32. The molecule has 0 aliphatic carbocycles. The summed E-state index contributed by atoms with van der Waals surface area (Å²) in [7, 11) is -3.03. The van der Waals surface area contributed by atoms with Gasteiger partial charge >= 0.3 is 0 Å². The molecule has 0 spiro atoms. The molecule has 10 rings (SSSR count). The fourth-order valence-electron chi connectivity index (χ4n) is 7.68. The average Bonchev–Trinajstić information content (AvgIpc) is 3.75. The number of hydrogen-bond acceptors (Lipinski definition) is 2. The summed E-state index contributed by atoms with van der Waals surface area (Å²) in [5, 5.41) is 6.26. The lowest BCUT2D eigenvalue weighted by Gasteiger charge is -2.20. The van der Waals surface area contributed by atoms with Crippen molar-refractivity contribution in [3.8, 4) is 33.4 Å². The van der Waals surface area contributed by atoms with Crippen molar-refractivity contribution in [1.29, 1.82) is 0 Å². The average molecular weight is 702 g/mol. The normalized spacial score (nSPS) is 11.9. The largest absolute Gasteiger partial charge is 0.309 e. The molecule has 0 aliphatic rings. The van der Waals surface area contributed by atoms with Gasteiger partial charge in [-0.2, -0.15) is 0 Å². The number of aromatic nitrogens is 1. The highest BCUT2D eigenvalue weighted by Crippen LogP contribution is 2.45. The van der Waals surface area contributed by atoms with E-state index in [9.17, 15) is 4.57 Å². The van der Waals surface area contributed by atoms with E-state index < -0.39 is 7.14 Å². The number of fused-ring (bicyclic) bond motifs is 6. The monoisotopic (exact) mass is 701 g/mol. The van der Waals surface area contributed by atoms with Crippen molar-refractivity contribution in [3.05, 3.63) is 194 Å². The molecule has 246 valence electrons. The summed E-state index contributed by atoms with van der Waals surface area (Å²) in [6.07, 6.45) is 0. The molecule has 0 bridgehead atoms. The number of hydrogen-bond donors (Lipinski definition) is 0. The standard InChI is InChI=1S/C48H32NOPS/c50-51(40-13-3-1-4-14-40,41-15-5-2-6-16-41)42-28-25-35(26-29-42)34-19-22-36(23-20-34)47-43-32-39(38-24-21-33-11-7-8-12-37(33)31-38)27-30-44(43)49-45-17-9-10-18-46(45)52-48(47)49/h1-32H. The topological polar surface area (TPSA) is 21.5 Å². The minimum atomic E-state index is -3.03. The predicted molar refractivity (Wildman–Crippen MR) is 223 cm³/mol. The molecule has 4 heteroatoms. The molecule has 0 unspecified atom stereocenters. The van der Waals surface area contributed by atoms with Crippen molar-refractivity contribution >= 4 is 71.1 Å². The lowest BCUT2D eigenvalue weighted by Crippen LogP contribution is -2.24. The van der Waals surface area contributed by atoms with Gasteiger partial charge in [0, 0.05) is 26.9 Å². The third kappa shape index (κ3) is 4.97. The van der Waals surface area contributed by atoms with Crippen LogP contribution in [-0.4, -0.2) is 4.40 Å². The maximum Gasteiger partial charge on any atom is 0.171 e. The van der Waals surface area contributed by atoms with Crippen LogP contribution in [-0.2, 0) is 4.57 Å². The molecule has 0 saturated heterocycles. The first-order valence-electron chi connectivity index (χ1n) is 17.5. The summed E-state index contributed by atoms with van der Waals surface area (Å²) in [6, 6.07) is 67.8. The van der Waals surface area contributed by atoms with E-state index >= 15 is 0 Å². The summed E-state index contributed by atoms with van der Waals surface area (Å²) in [5.41, 5.74) is 9.54. The summed E-state index contributed by atoms with van der Waals surface area (Å²) in [4.78, 5) is 1.25. The molecule has 0 saturated carbocycles. The minimum Gasteiger partial charge on any atom is -0.309 e. The van der Waals surface area contributed by atoms with Gasteiger partial charge in [0.05, 0.1) is 15.7 Å². The van der Waals surface area contributed by atoms with E-state index in [0.29, 0.717) is 0 Å². The van der Waals surface area contributed by atoms with Crippen LogP contribution in [0.2, 0.25) is 0 Å². The van der Waals surface area contributed by atoms with Crippen LogP contribution in [0.25, 0.3) is 70.1 Å². The second-order valence-corrected chi connectivity index (χ2v) is 17.1. The minimum absolute atomic E-state index is 0.833. The first kappa shape index (κ1) is 30.8. The maximum atomic E-state index is 14.9. The van der Waals surface area contributed by atoms with Crippen LogP contribution in [0, 0.1) is 0 Å². The molecule has 10 aromatic rings. The van der Waals surface area contributed by atoms with E-state index in [1.165, 1.54) is 59.0 Å². The van der Waals surface area contributed by atoms with E-state index in [-0.39, 0.29) is 0 Å². The molecule has 2 nitrogen and oxygen atoms in total. The Morgan fingerprint density at radius 1 is 0.404 bits per heavy atom. The van der Waals surface area contributed by atoms with Gasteiger partial charge in [0.1, 0.15) is 4.83 Å². The number of benzene rings is 8. The molecule has 0 amide bonds. The Hall–Kier alpha value is -5.99. The Balaban J connectivity index is 1.07. The fraction of sp³-hybridized carbons (Fsp3) is 0. The Morgan fingerprint density at radius 3 is 1.63 bits per heavy atom. The van der Waals surface area contributed by atoms with Crippen LogP contribution < -0.4 is 15.9 Å². The molecular weight excluding hydrogens is 670 g/mol. The molecule has 0 atom stereocenters. The lowest BCUT2D eigenvalue weighted by atomic mass is 9.97. The molecule has 0 N–H and O–H groups in total. The van der Waals surface area contributed by atoms with Crippen molar-refractivity contribution in [2.24, 2.45) is 0 Å². The smallest absolute Gasteiger partial charge is 0.171 e. The summed E-state index contributed by atoms with van der Waals surface area (Å²) in [6.45, 7) is 0. The Labute approximate surface area is 306 Å². The van der Waals surface area contributed by atoms with Crippen LogP contribution in [0.4, 0.5) is 0 Å². The molecule has 0 radical (unpaired) electrons. The fourth-order valence-corrected chi connectivity index (χ4v) is 11.6. The second-order valence-electron chi connectivity index (χ2n) is 13.3. The van der Waals surface area contributed by atoms with Crippen molar-refractivity contribution in [3.63, 3.8) is 0 Å². The highest BCUT2D eigenvalue weighted by molar-refractivity contribution is 7.85. The highest BCUT2D eigenvalue weighted by Gasteiger charge is 2.29. The number of rotatable bonds is 6. The molecule has 0 aliphatic heterocycles. The third-order valence-corrected chi connectivity index (χ3v) is 14.5. The molecule has 8 aromatic carbocycles. The number of para-hydroxylation sites is 1. The zero-order valence-electron chi connectivity index (χ0n) is 28.2.